The third kappa shape index (κ3) is 2.41. The van der Waals surface area contributed by atoms with Crippen molar-refractivity contribution in [3.8, 4) is 6.07 Å². The van der Waals surface area contributed by atoms with Crippen LogP contribution in [-0.4, -0.2) is 18.3 Å². The number of rotatable bonds is 2. The lowest BCUT2D eigenvalue weighted by atomic mass is 9.76. The first-order valence-corrected chi connectivity index (χ1v) is 7.13. The molecule has 2 heterocycles. The van der Waals surface area contributed by atoms with Gasteiger partial charge in [-0.1, -0.05) is 0 Å². The van der Waals surface area contributed by atoms with Crippen LogP contribution in [-0.2, 0) is 4.74 Å². The molecule has 0 bridgehead atoms. The van der Waals surface area contributed by atoms with Crippen molar-refractivity contribution in [1.29, 1.82) is 5.26 Å². The molecule has 92 valence electrons. The predicted molar refractivity (Wildman–Crippen MR) is 69.8 cm³/mol. The first kappa shape index (κ1) is 13.0. The average Bonchev–Trinajstić information content (AvgIpc) is 2.69. The molecule has 1 aliphatic heterocycles. The molecule has 3 nitrogen and oxygen atoms in total. The Labute approximate surface area is 113 Å². The standard InChI is InChI=1S/C12H14BrNO2S/c1-8-9(13)6-10(17-8)11(15)12(7-14)2-4-16-5-3-12/h6,11,15H,2-5H2,1H3. The van der Waals surface area contributed by atoms with Crippen LogP contribution in [0.25, 0.3) is 0 Å². The van der Waals surface area contributed by atoms with Gasteiger partial charge >= 0.3 is 0 Å². The summed E-state index contributed by atoms with van der Waals surface area (Å²) in [4.78, 5) is 1.98. The van der Waals surface area contributed by atoms with Gasteiger partial charge in [0.05, 0.1) is 11.5 Å². The number of hydrogen-bond donors (Lipinski definition) is 1. The van der Waals surface area contributed by atoms with Crippen molar-refractivity contribution < 1.29 is 9.84 Å². The molecule has 1 N–H and O–H groups in total. The molecule has 0 aromatic carbocycles. The molecule has 0 saturated carbocycles. The summed E-state index contributed by atoms with van der Waals surface area (Å²) in [5, 5.41) is 19.8. The van der Waals surface area contributed by atoms with Gasteiger partial charge in [-0.05, 0) is 41.8 Å². The van der Waals surface area contributed by atoms with E-state index in [4.69, 9.17) is 4.74 Å². The predicted octanol–water partition coefficient (Wildman–Crippen LogP) is 3.17. The number of halogens is 1. The quantitative estimate of drug-likeness (QED) is 0.912. The summed E-state index contributed by atoms with van der Waals surface area (Å²) >= 11 is 4.98. The Balaban J connectivity index is 2.28. The fraction of sp³-hybridized carbons (Fsp3) is 0.583. The van der Waals surface area contributed by atoms with Gasteiger partial charge in [-0.2, -0.15) is 5.26 Å². The van der Waals surface area contributed by atoms with E-state index in [1.807, 2.05) is 13.0 Å². The van der Waals surface area contributed by atoms with Crippen molar-refractivity contribution in [2.45, 2.75) is 25.9 Å². The molecule has 5 heteroatoms. The number of thiophene rings is 1. The highest BCUT2D eigenvalue weighted by molar-refractivity contribution is 9.10. The zero-order chi connectivity index (χ0) is 12.5. The monoisotopic (exact) mass is 315 g/mol. The highest BCUT2D eigenvalue weighted by Gasteiger charge is 2.41. The highest BCUT2D eigenvalue weighted by atomic mass is 79.9. The lowest BCUT2D eigenvalue weighted by Crippen LogP contribution is -2.33. The molecule has 1 aromatic rings. The Morgan fingerprint density at radius 2 is 2.24 bits per heavy atom. The second-order valence-corrected chi connectivity index (χ2v) is 6.48. The van der Waals surface area contributed by atoms with Gasteiger partial charge in [0.1, 0.15) is 6.10 Å². The van der Waals surface area contributed by atoms with Crippen LogP contribution < -0.4 is 0 Å². The van der Waals surface area contributed by atoms with Gasteiger partial charge in [0.25, 0.3) is 0 Å². The minimum absolute atomic E-state index is 0.552. The van der Waals surface area contributed by atoms with E-state index in [0.717, 1.165) is 14.2 Å². The molecule has 1 aromatic heterocycles. The molecule has 0 aliphatic carbocycles. The molecule has 2 rings (SSSR count). The Kier molecular flexibility index (Phi) is 3.88. The first-order chi connectivity index (χ1) is 8.09. The average molecular weight is 316 g/mol. The van der Waals surface area contributed by atoms with Gasteiger partial charge in [-0.3, -0.25) is 0 Å². The fourth-order valence-corrected chi connectivity index (χ4v) is 3.74. The van der Waals surface area contributed by atoms with Crippen LogP contribution in [0, 0.1) is 23.7 Å². The minimum atomic E-state index is -0.716. The van der Waals surface area contributed by atoms with Crippen molar-refractivity contribution in [1.82, 2.24) is 0 Å². The molecular formula is C12H14BrNO2S. The van der Waals surface area contributed by atoms with Crippen LogP contribution in [0.15, 0.2) is 10.5 Å². The zero-order valence-corrected chi connectivity index (χ0v) is 12.0. The number of ether oxygens (including phenoxy) is 1. The van der Waals surface area contributed by atoms with Crippen molar-refractivity contribution in [2.24, 2.45) is 5.41 Å². The summed E-state index contributed by atoms with van der Waals surface area (Å²) in [6.07, 6.45) is 0.477. The van der Waals surface area contributed by atoms with Gasteiger partial charge in [0.15, 0.2) is 0 Å². The molecule has 1 aliphatic rings. The van der Waals surface area contributed by atoms with E-state index >= 15 is 0 Å². The van der Waals surface area contributed by atoms with E-state index in [0.29, 0.717) is 26.1 Å². The van der Waals surface area contributed by atoms with E-state index in [9.17, 15) is 10.4 Å². The summed E-state index contributed by atoms with van der Waals surface area (Å²) in [6, 6.07) is 4.22. The van der Waals surface area contributed by atoms with Crippen LogP contribution in [0.5, 0.6) is 0 Å². The minimum Gasteiger partial charge on any atom is -0.386 e. The second kappa shape index (κ2) is 5.07. The van der Waals surface area contributed by atoms with Crippen molar-refractivity contribution in [2.75, 3.05) is 13.2 Å². The van der Waals surface area contributed by atoms with E-state index < -0.39 is 11.5 Å². The van der Waals surface area contributed by atoms with E-state index in [1.165, 1.54) is 0 Å². The summed E-state index contributed by atoms with van der Waals surface area (Å²) < 4.78 is 6.27. The van der Waals surface area contributed by atoms with Crippen LogP contribution in [0.3, 0.4) is 0 Å². The highest BCUT2D eigenvalue weighted by Crippen LogP contribution is 2.45. The third-order valence-electron chi connectivity index (χ3n) is 3.28. The third-order valence-corrected chi connectivity index (χ3v) is 5.47. The SMILES string of the molecule is Cc1sc(C(O)C2(C#N)CCOCC2)cc1Br. The maximum atomic E-state index is 10.4. The van der Waals surface area contributed by atoms with Crippen LogP contribution >= 0.6 is 27.3 Å². The lowest BCUT2D eigenvalue weighted by Gasteiger charge is -2.34. The lowest BCUT2D eigenvalue weighted by molar-refractivity contribution is -0.0296. The van der Waals surface area contributed by atoms with Gasteiger partial charge in [0, 0.05) is 27.4 Å². The van der Waals surface area contributed by atoms with Crippen molar-refractivity contribution in [3.63, 3.8) is 0 Å². The molecule has 17 heavy (non-hydrogen) atoms. The largest absolute Gasteiger partial charge is 0.386 e. The number of aryl methyl sites for hydroxylation is 1. The molecular weight excluding hydrogens is 302 g/mol. The summed E-state index contributed by atoms with van der Waals surface area (Å²) in [7, 11) is 0. The van der Waals surface area contributed by atoms with Crippen molar-refractivity contribution >= 4 is 27.3 Å². The normalized spacial score (nSPS) is 20.8. The van der Waals surface area contributed by atoms with E-state index in [-0.39, 0.29) is 0 Å². The van der Waals surface area contributed by atoms with Crippen LogP contribution in [0.1, 0.15) is 28.7 Å². The first-order valence-electron chi connectivity index (χ1n) is 5.52. The maximum Gasteiger partial charge on any atom is 0.107 e. The van der Waals surface area contributed by atoms with E-state index in [1.54, 1.807) is 11.3 Å². The number of hydrogen-bond acceptors (Lipinski definition) is 4. The molecule has 1 fully saturated rings. The number of nitriles is 1. The Bertz CT molecular complexity index is 426. The second-order valence-electron chi connectivity index (χ2n) is 4.34. The summed E-state index contributed by atoms with van der Waals surface area (Å²) in [5.74, 6) is 0. The molecule has 1 atom stereocenters. The smallest absolute Gasteiger partial charge is 0.107 e. The Morgan fingerprint density at radius 3 is 2.71 bits per heavy atom. The zero-order valence-electron chi connectivity index (χ0n) is 9.57. The Hall–Kier alpha value is -0.410. The molecule has 0 amide bonds. The van der Waals surface area contributed by atoms with Crippen LogP contribution in [0.2, 0.25) is 0 Å². The van der Waals surface area contributed by atoms with E-state index in [2.05, 4.69) is 22.0 Å². The molecule has 0 radical (unpaired) electrons. The number of aliphatic hydroxyl groups is 1. The molecule has 1 saturated heterocycles. The summed E-state index contributed by atoms with van der Waals surface area (Å²) in [6.45, 7) is 3.10. The number of aliphatic hydroxyl groups excluding tert-OH is 1. The van der Waals surface area contributed by atoms with Crippen LogP contribution in [0.4, 0.5) is 0 Å². The maximum absolute atomic E-state index is 10.4. The topological polar surface area (TPSA) is 53.2 Å². The molecule has 0 spiro atoms. The van der Waals surface area contributed by atoms with Crippen molar-refractivity contribution in [3.05, 3.63) is 20.3 Å². The fourth-order valence-electron chi connectivity index (χ4n) is 2.07. The number of nitrogens with zero attached hydrogens (tertiary/aromatic N) is 1. The Morgan fingerprint density at radius 1 is 1.59 bits per heavy atom. The summed E-state index contributed by atoms with van der Waals surface area (Å²) in [5.41, 5.74) is -0.686. The molecule has 1 unspecified atom stereocenters. The van der Waals surface area contributed by atoms with Gasteiger partial charge in [-0.15, -0.1) is 11.3 Å². The van der Waals surface area contributed by atoms with Gasteiger partial charge < -0.3 is 9.84 Å². The van der Waals surface area contributed by atoms with Gasteiger partial charge in [-0.25, -0.2) is 0 Å². The van der Waals surface area contributed by atoms with Gasteiger partial charge in [0.2, 0.25) is 0 Å².